The first-order chi connectivity index (χ1) is 13.0. The molecule has 0 heterocycles. The van der Waals surface area contributed by atoms with E-state index in [2.05, 4.69) is 15.6 Å². The quantitative estimate of drug-likeness (QED) is 0.582. The molecule has 0 aliphatic carbocycles. The molecule has 2 rings (SSSR count). The second-order valence-electron chi connectivity index (χ2n) is 6.54. The van der Waals surface area contributed by atoms with Crippen LogP contribution in [0.1, 0.15) is 16.7 Å². The van der Waals surface area contributed by atoms with Crippen molar-refractivity contribution in [2.75, 3.05) is 27.2 Å². The van der Waals surface area contributed by atoms with Crippen molar-refractivity contribution in [3.05, 3.63) is 71.0 Å². The van der Waals surface area contributed by atoms with E-state index in [-0.39, 0.29) is 18.3 Å². The minimum atomic E-state index is -0.224. The molecule has 2 N–H and O–H groups in total. The second-order valence-corrected chi connectivity index (χ2v) is 6.54. The van der Waals surface area contributed by atoms with Crippen molar-refractivity contribution >= 4 is 11.9 Å². The van der Waals surface area contributed by atoms with E-state index in [0.717, 1.165) is 23.1 Å². The van der Waals surface area contributed by atoms with E-state index in [0.29, 0.717) is 19.0 Å². The number of carbonyl (C=O) groups excluding carboxylic acids is 1. The summed E-state index contributed by atoms with van der Waals surface area (Å²) >= 11 is 0. The molecule has 0 unspecified atom stereocenters. The molecule has 0 aliphatic heterocycles. The van der Waals surface area contributed by atoms with Crippen LogP contribution in [-0.2, 0) is 17.8 Å². The summed E-state index contributed by atoms with van der Waals surface area (Å²) in [6.45, 7) is 3.21. The average Bonchev–Trinajstić information content (AvgIpc) is 2.65. The minimum Gasteiger partial charge on any atom is -0.356 e. The third-order valence-corrected chi connectivity index (χ3v) is 4.16. The number of rotatable bonds is 7. The smallest absolute Gasteiger partial charge is 0.241 e. The SMILES string of the molecule is Cc1cc(F)ccc1CCNC(=NCc1ccccc1)NCC(=O)N(C)C. The molecule has 0 radical (unpaired) electrons. The highest BCUT2D eigenvalue weighted by atomic mass is 19.1. The summed E-state index contributed by atoms with van der Waals surface area (Å²) in [5.41, 5.74) is 3.10. The maximum Gasteiger partial charge on any atom is 0.241 e. The normalized spacial score (nSPS) is 11.2. The van der Waals surface area contributed by atoms with Crippen molar-refractivity contribution in [2.45, 2.75) is 19.9 Å². The van der Waals surface area contributed by atoms with Crippen molar-refractivity contribution in [3.8, 4) is 0 Å². The molecule has 144 valence electrons. The van der Waals surface area contributed by atoms with Gasteiger partial charge in [0.1, 0.15) is 5.82 Å². The zero-order chi connectivity index (χ0) is 19.6. The zero-order valence-electron chi connectivity index (χ0n) is 16.1. The molecule has 2 aromatic rings. The monoisotopic (exact) mass is 370 g/mol. The van der Waals surface area contributed by atoms with Gasteiger partial charge in [0.15, 0.2) is 5.96 Å². The van der Waals surface area contributed by atoms with Crippen molar-refractivity contribution in [2.24, 2.45) is 4.99 Å². The zero-order valence-corrected chi connectivity index (χ0v) is 16.1. The predicted molar refractivity (Wildman–Crippen MR) is 107 cm³/mol. The molecule has 2 aromatic carbocycles. The number of amides is 1. The number of benzene rings is 2. The fraction of sp³-hybridized carbons (Fsp3) is 0.333. The number of halogens is 1. The molecule has 0 fully saturated rings. The number of nitrogens with one attached hydrogen (secondary N) is 2. The van der Waals surface area contributed by atoms with Crippen LogP contribution < -0.4 is 10.6 Å². The van der Waals surface area contributed by atoms with Gasteiger partial charge in [-0.05, 0) is 42.2 Å². The molecule has 0 aromatic heterocycles. The predicted octanol–water partition coefficient (Wildman–Crippen LogP) is 2.50. The van der Waals surface area contributed by atoms with E-state index < -0.39 is 0 Å². The summed E-state index contributed by atoms with van der Waals surface area (Å²) in [6.07, 6.45) is 0.736. The number of guanidine groups is 1. The Balaban J connectivity index is 1.96. The van der Waals surface area contributed by atoms with Crippen molar-refractivity contribution < 1.29 is 9.18 Å². The molecule has 0 bridgehead atoms. The van der Waals surface area contributed by atoms with E-state index in [1.54, 1.807) is 20.2 Å². The Hall–Kier alpha value is -2.89. The Bertz CT molecular complexity index is 775. The number of aryl methyl sites for hydroxylation is 1. The highest BCUT2D eigenvalue weighted by molar-refractivity contribution is 5.86. The summed E-state index contributed by atoms with van der Waals surface area (Å²) < 4.78 is 13.2. The molecule has 27 heavy (non-hydrogen) atoms. The molecular weight excluding hydrogens is 343 g/mol. The molecule has 0 saturated carbocycles. The van der Waals surface area contributed by atoms with Gasteiger partial charge in [-0.25, -0.2) is 9.38 Å². The van der Waals surface area contributed by atoms with Crippen molar-refractivity contribution in [1.82, 2.24) is 15.5 Å². The van der Waals surface area contributed by atoms with Crippen LogP contribution in [0.15, 0.2) is 53.5 Å². The maximum atomic E-state index is 13.2. The van der Waals surface area contributed by atoms with Gasteiger partial charge in [-0.15, -0.1) is 0 Å². The largest absolute Gasteiger partial charge is 0.356 e. The molecule has 0 saturated heterocycles. The molecule has 0 aliphatic rings. The van der Waals surface area contributed by atoms with E-state index in [1.165, 1.54) is 17.0 Å². The summed E-state index contributed by atoms with van der Waals surface area (Å²) in [5.74, 6) is 0.325. The van der Waals surface area contributed by atoms with E-state index in [9.17, 15) is 9.18 Å². The summed E-state index contributed by atoms with van der Waals surface area (Å²) in [4.78, 5) is 17.9. The van der Waals surface area contributed by atoms with Crippen LogP contribution in [0.3, 0.4) is 0 Å². The van der Waals surface area contributed by atoms with Gasteiger partial charge in [0.05, 0.1) is 13.1 Å². The Kier molecular flexibility index (Phi) is 7.79. The summed E-state index contributed by atoms with van der Waals surface area (Å²) in [7, 11) is 3.44. The molecule has 1 amide bonds. The average molecular weight is 370 g/mol. The highest BCUT2D eigenvalue weighted by Crippen LogP contribution is 2.10. The first kappa shape index (κ1) is 20.4. The van der Waals surface area contributed by atoms with Crippen LogP contribution >= 0.6 is 0 Å². The highest BCUT2D eigenvalue weighted by Gasteiger charge is 2.06. The lowest BCUT2D eigenvalue weighted by molar-refractivity contribution is -0.127. The van der Waals surface area contributed by atoms with Gasteiger partial charge in [0.25, 0.3) is 0 Å². The van der Waals surface area contributed by atoms with Crippen molar-refractivity contribution in [3.63, 3.8) is 0 Å². The first-order valence-electron chi connectivity index (χ1n) is 8.97. The lowest BCUT2D eigenvalue weighted by atomic mass is 10.1. The number of hydrogen-bond acceptors (Lipinski definition) is 2. The van der Waals surface area contributed by atoms with Gasteiger partial charge in [-0.3, -0.25) is 4.79 Å². The Morgan fingerprint density at radius 3 is 2.52 bits per heavy atom. The fourth-order valence-electron chi connectivity index (χ4n) is 2.50. The van der Waals surface area contributed by atoms with E-state index in [4.69, 9.17) is 0 Å². The van der Waals surface area contributed by atoms with Crippen LogP contribution in [0.4, 0.5) is 4.39 Å². The van der Waals surface area contributed by atoms with Crippen LogP contribution in [0, 0.1) is 12.7 Å². The number of nitrogens with zero attached hydrogens (tertiary/aromatic N) is 2. The van der Waals surface area contributed by atoms with Crippen LogP contribution in [-0.4, -0.2) is 44.0 Å². The number of hydrogen-bond donors (Lipinski definition) is 2. The van der Waals surface area contributed by atoms with Crippen LogP contribution in [0.2, 0.25) is 0 Å². The van der Waals surface area contributed by atoms with Gasteiger partial charge in [0.2, 0.25) is 5.91 Å². The summed E-state index contributed by atoms with van der Waals surface area (Å²) in [6, 6.07) is 14.7. The van der Waals surface area contributed by atoms with Gasteiger partial charge in [-0.1, -0.05) is 36.4 Å². The third kappa shape index (κ3) is 7.09. The molecule has 6 heteroatoms. The Morgan fingerprint density at radius 1 is 1.11 bits per heavy atom. The van der Waals surface area contributed by atoms with E-state index in [1.807, 2.05) is 37.3 Å². The maximum absolute atomic E-state index is 13.2. The standard InChI is InChI=1S/C21H27FN4O/c1-16-13-19(22)10-9-18(16)11-12-23-21(25-15-20(27)26(2)3)24-14-17-7-5-4-6-8-17/h4-10,13H,11-12,14-15H2,1-3H3,(H2,23,24,25). The fourth-order valence-corrected chi connectivity index (χ4v) is 2.50. The summed E-state index contributed by atoms with van der Waals surface area (Å²) in [5, 5.41) is 6.32. The molecule has 0 atom stereocenters. The number of carbonyl (C=O) groups is 1. The molecular formula is C21H27FN4O. The number of aliphatic imine (C=N–C) groups is 1. The lowest BCUT2D eigenvalue weighted by Crippen LogP contribution is -2.43. The van der Waals surface area contributed by atoms with Crippen LogP contribution in [0.5, 0.6) is 0 Å². The third-order valence-electron chi connectivity index (χ3n) is 4.16. The minimum absolute atomic E-state index is 0.0291. The topological polar surface area (TPSA) is 56.7 Å². The lowest BCUT2D eigenvalue weighted by Gasteiger charge is -2.15. The Morgan fingerprint density at radius 2 is 1.85 bits per heavy atom. The van der Waals surface area contributed by atoms with E-state index >= 15 is 0 Å². The van der Waals surface area contributed by atoms with Crippen LogP contribution in [0.25, 0.3) is 0 Å². The van der Waals surface area contributed by atoms with Crippen molar-refractivity contribution in [1.29, 1.82) is 0 Å². The van der Waals surface area contributed by atoms with Gasteiger partial charge in [-0.2, -0.15) is 0 Å². The Labute approximate surface area is 160 Å². The van der Waals surface area contributed by atoms with Gasteiger partial charge < -0.3 is 15.5 Å². The molecule has 0 spiro atoms. The first-order valence-corrected chi connectivity index (χ1v) is 8.97. The van der Waals surface area contributed by atoms with Gasteiger partial charge >= 0.3 is 0 Å². The van der Waals surface area contributed by atoms with Gasteiger partial charge in [0, 0.05) is 20.6 Å². The molecule has 5 nitrogen and oxygen atoms in total. The second kappa shape index (κ2) is 10.3. The number of likely N-dealkylation sites (N-methyl/N-ethyl adjacent to an activating group) is 1.